The summed E-state index contributed by atoms with van der Waals surface area (Å²) >= 11 is 0. The molecule has 7 heteroatoms. The van der Waals surface area contributed by atoms with Gasteiger partial charge in [0.15, 0.2) is 0 Å². The number of nitrogens with two attached hydrogens (primary N) is 1. The lowest BCUT2D eigenvalue weighted by Crippen LogP contribution is -2.57. The average Bonchev–Trinajstić information content (AvgIpc) is 2.35. The van der Waals surface area contributed by atoms with Gasteiger partial charge in [-0.15, -0.1) is 0 Å². The lowest BCUT2D eigenvalue weighted by molar-refractivity contribution is -0.150. The number of hydrogen-bond acceptors (Lipinski definition) is 5. The van der Waals surface area contributed by atoms with Crippen molar-refractivity contribution < 1.29 is 23.5 Å². The monoisotopic (exact) mass is 290 g/mol. The summed E-state index contributed by atoms with van der Waals surface area (Å²) in [7, 11) is 1.20. The molecule has 0 bridgehead atoms. The molecule has 0 aromatic rings. The first-order valence-electron chi connectivity index (χ1n) is 6.58. The van der Waals surface area contributed by atoms with Crippen molar-refractivity contribution in [2.45, 2.75) is 50.9 Å². The van der Waals surface area contributed by atoms with Gasteiger partial charge in [-0.3, -0.25) is 4.90 Å². The number of likely N-dealkylation sites (tertiary alicyclic amines) is 1. The Morgan fingerprint density at radius 3 is 2.50 bits per heavy atom. The Labute approximate surface area is 118 Å². The van der Waals surface area contributed by atoms with Crippen molar-refractivity contribution in [1.29, 1.82) is 0 Å². The van der Waals surface area contributed by atoms with Crippen LogP contribution < -0.4 is 5.73 Å². The number of methoxy groups -OCH3 is 1. The third-order valence-corrected chi connectivity index (χ3v) is 3.20. The third-order valence-electron chi connectivity index (χ3n) is 3.20. The molecule has 1 aliphatic rings. The molecule has 1 saturated heterocycles. The highest BCUT2D eigenvalue weighted by atomic mass is 19.1. The number of alkyl halides is 1. The van der Waals surface area contributed by atoms with Gasteiger partial charge in [0, 0.05) is 25.9 Å². The molecule has 1 rings (SSSR count). The first kappa shape index (κ1) is 16.7. The van der Waals surface area contributed by atoms with Crippen LogP contribution in [-0.2, 0) is 14.3 Å². The summed E-state index contributed by atoms with van der Waals surface area (Å²) < 4.78 is 24.2. The molecule has 1 amide bonds. The highest BCUT2D eigenvalue weighted by molar-refractivity contribution is 5.82. The summed E-state index contributed by atoms with van der Waals surface area (Å²) in [5.74, 6) is -0.661. The second-order valence-electron chi connectivity index (χ2n) is 6.02. The Morgan fingerprint density at radius 2 is 2.05 bits per heavy atom. The molecule has 1 heterocycles. The van der Waals surface area contributed by atoms with E-state index in [1.807, 2.05) is 0 Å². The van der Waals surface area contributed by atoms with E-state index in [0.29, 0.717) is 0 Å². The van der Waals surface area contributed by atoms with Crippen molar-refractivity contribution in [1.82, 2.24) is 4.90 Å². The third kappa shape index (κ3) is 4.06. The molecule has 0 spiro atoms. The van der Waals surface area contributed by atoms with Gasteiger partial charge in [-0.2, -0.15) is 0 Å². The van der Waals surface area contributed by atoms with Crippen LogP contribution in [0.2, 0.25) is 0 Å². The van der Waals surface area contributed by atoms with E-state index in [1.165, 1.54) is 12.0 Å². The van der Waals surface area contributed by atoms with Crippen LogP contribution in [0.1, 0.15) is 33.6 Å². The molecule has 116 valence electrons. The van der Waals surface area contributed by atoms with E-state index in [1.54, 1.807) is 20.8 Å². The topological polar surface area (TPSA) is 81.9 Å². The van der Waals surface area contributed by atoms with Crippen molar-refractivity contribution in [3.05, 3.63) is 0 Å². The maximum absolute atomic E-state index is 14.3. The number of halogens is 1. The minimum Gasteiger partial charge on any atom is -0.467 e. The van der Waals surface area contributed by atoms with Crippen molar-refractivity contribution in [2.24, 2.45) is 5.73 Å². The number of ether oxygens (including phenoxy) is 2. The van der Waals surface area contributed by atoms with Gasteiger partial charge in [0.1, 0.15) is 17.3 Å². The Bertz CT molecular complexity index is 383. The first-order chi connectivity index (χ1) is 9.12. The fraction of sp³-hybridized carbons (Fsp3) is 0.846. The maximum atomic E-state index is 14.3. The van der Waals surface area contributed by atoms with Crippen LogP contribution in [0.15, 0.2) is 0 Å². The van der Waals surface area contributed by atoms with E-state index in [-0.39, 0.29) is 25.9 Å². The molecule has 2 atom stereocenters. The Hall–Kier alpha value is -1.37. The van der Waals surface area contributed by atoms with Gasteiger partial charge in [-0.25, -0.2) is 14.0 Å². The Morgan fingerprint density at radius 1 is 1.45 bits per heavy atom. The van der Waals surface area contributed by atoms with Gasteiger partial charge in [0.05, 0.1) is 7.11 Å². The molecular weight excluding hydrogens is 267 g/mol. The number of esters is 1. The second kappa shape index (κ2) is 5.95. The van der Waals surface area contributed by atoms with Crippen LogP contribution in [0.25, 0.3) is 0 Å². The molecule has 2 N–H and O–H groups in total. The molecule has 0 aliphatic carbocycles. The zero-order valence-corrected chi connectivity index (χ0v) is 12.4. The zero-order chi connectivity index (χ0) is 15.6. The van der Waals surface area contributed by atoms with Gasteiger partial charge in [-0.1, -0.05) is 0 Å². The average molecular weight is 290 g/mol. The second-order valence-corrected chi connectivity index (χ2v) is 6.02. The normalized spacial score (nSPS) is 27.1. The van der Waals surface area contributed by atoms with Gasteiger partial charge in [0.2, 0.25) is 0 Å². The summed E-state index contributed by atoms with van der Waals surface area (Å²) in [4.78, 5) is 25.1. The van der Waals surface area contributed by atoms with Crippen LogP contribution in [0.4, 0.5) is 9.18 Å². The van der Waals surface area contributed by atoms with E-state index in [4.69, 9.17) is 10.5 Å². The molecule has 0 radical (unpaired) electrons. The van der Waals surface area contributed by atoms with E-state index in [2.05, 4.69) is 4.74 Å². The largest absolute Gasteiger partial charge is 0.467 e. The smallest absolute Gasteiger partial charge is 0.411 e. The lowest BCUT2D eigenvalue weighted by Gasteiger charge is -2.40. The predicted molar refractivity (Wildman–Crippen MR) is 70.9 cm³/mol. The Kier molecular flexibility index (Phi) is 4.96. The molecule has 0 aromatic heterocycles. The van der Waals surface area contributed by atoms with E-state index < -0.39 is 29.4 Å². The molecule has 6 nitrogen and oxygen atoms in total. The number of rotatable bonds is 2. The summed E-state index contributed by atoms with van der Waals surface area (Å²) in [6.45, 7) is 5.05. The molecule has 1 fully saturated rings. The number of nitrogens with zero attached hydrogens (tertiary/aromatic N) is 1. The number of carbonyl (C=O) groups is 2. The summed E-state index contributed by atoms with van der Waals surface area (Å²) in [6, 6.07) is -1.00. The zero-order valence-electron chi connectivity index (χ0n) is 12.4. The molecule has 1 unspecified atom stereocenters. The standard InChI is InChI=1S/C13H23FN2O4/c1-12(2,3)20-11(18)16-6-5-13(14,8-15)7-9(16)10(17)19-4/h9H,5-8,15H2,1-4H3/t9?,13-/m1/s1. The number of hydrogen-bond donors (Lipinski definition) is 1. The molecule has 0 saturated carbocycles. The van der Waals surface area contributed by atoms with Crippen molar-refractivity contribution in [3.8, 4) is 0 Å². The van der Waals surface area contributed by atoms with Crippen molar-refractivity contribution in [3.63, 3.8) is 0 Å². The van der Waals surface area contributed by atoms with Gasteiger partial charge < -0.3 is 15.2 Å². The number of carbonyl (C=O) groups excluding carboxylic acids is 2. The highest BCUT2D eigenvalue weighted by Gasteiger charge is 2.45. The summed E-state index contributed by atoms with van der Waals surface area (Å²) in [6.07, 6.45) is -0.738. The minimum atomic E-state index is -1.66. The quantitative estimate of drug-likeness (QED) is 0.773. The van der Waals surface area contributed by atoms with Crippen LogP contribution in [0.3, 0.4) is 0 Å². The first-order valence-corrected chi connectivity index (χ1v) is 6.58. The van der Waals surface area contributed by atoms with Crippen LogP contribution in [0, 0.1) is 0 Å². The Balaban J connectivity index is 2.89. The molecule has 1 aliphatic heterocycles. The van der Waals surface area contributed by atoms with Crippen LogP contribution in [-0.4, -0.2) is 54.5 Å². The lowest BCUT2D eigenvalue weighted by atomic mass is 9.88. The van der Waals surface area contributed by atoms with Gasteiger partial charge in [0.25, 0.3) is 0 Å². The van der Waals surface area contributed by atoms with Crippen molar-refractivity contribution in [2.75, 3.05) is 20.2 Å². The fourth-order valence-corrected chi connectivity index (χ4v) is 2.11. The van der Waals surface area contributed by atoms with Crippen LogP contribution >= 0.6 is 0 Å². The predicted octanol–water partition coefficient (Wildman–Crippen LogP) is 1.23. The van der Waals surface area contributed by atoms with E-state index in [0.717, 1.165) is 0 Å². The minimum absolute atomic E-state index is 0.0718. The van der Waals surface area contributed by atoms with E-state index in [9.17, 15) is 14.0 Å². The summed E-state index contributed by atoms with van der Waals surface area (Å²) in [5, 5.41) is 0. The maximum Gasteiger partial charge on any atom is 0.411 e. The number of piperidine rings is 1. The van der Waals surface area contributed by atoms with E-state index >= 15 is 0 Å². The molecular formula is C13H23FN2O4. The van der Waals surface area contributed by atoms with Crippen LogP contribution in [0.5, 0.6) is 0 Å². The SMILES string of the molecule is COC(=O)C1C[C@@](F)(CN)CCN1C(=O)OC(C)(C)C. The molecule has 20 heavy (non-hydrogen) atoms. The van der Waals surface area contributed by atoms with Crippen molar-refractivity contribution >= 4 is 12.1 Å². The fourth-order valence-electron chi connectivity index (χ4n) is 2.11. The van der Waals surface area contributed by atoms with Gasteiger partial charge in [-0.05, 0) is 20.8 Å². The number of amides is 1. The molecule has 0 aromatic carbocycles. The summed E-state index contributed by atoms with van der Waals surface area (Å²) in [5.41, 5.74) is 3.06. The van der Waals surface area contributed by atoms with Gasteiger partial charge >= 0.3 is 12.1 Å². The highest BCUT2D eigenvalue weighted by Crippen LogP contribution is 2.31.